The highest BCUT2D eigenvalue weighted by molar-refractivity contribution is 7.17. The van der Waals surface area contributed by atoms with Gasteiger partial charge in [-0.2, -0.15) is 0 Å². The summed E-state index contributed by atoms with van der Waals surface area (Å²) in [5, 5.41) is 10.2. The minimum atomic E-state index is 0.288. The average molecular weight is 289 g/mol. The lowest BCUT2D eigenvalue weighted by Crippen LogP contribution is -2.46. The number of aldehydes is 1. The van der Waals surface area contributed by atoms with Crippen LogP contribution in [-0.2, 0) is 0 Å². The molecule has 1 aliphatic rings. The van der Waals surface area contributed by atoms with E-state index in [4.69, 9.17) is 0 Å². The second-order valence-corrected chi connectivity index (χ2v) is 5.69. The maximum atomic E-state index is 10.7. The van der Waals surface area contributed by atoms with Gasteiger partial charge in [0.1, 0.15) is 5.75 Å². The third-order valence-corrected chi connectivity index (χ3v) is 4.38. The molecule has 1 aliphatic heterocycles. The number of piperazine rings is 1. The molecule has 5 nitrogen and oxygen atoms in total. The van der Waals surface area contributed by atoms with Crippen molar-refractivity contribution in [3.05, 3.63) is 35.3 Å². The van der Waals surface area contributed by atoms with E-state index in [2.05, 4.69) is 14.8 Å². The van der Waals surface area contributed by atoms with Crippen LogP contribution in [0.5, 0.6) is 5.75 Å². The number of carbonyl (C=O) groups is 1. The van der Waals surface area contributed by atoms with Crippen molar-refractivity contribution in [2.75, 3.05) is 36.0 Å². The number of phenolic OH excluding ortho intramolecular Hbond substituents is 1. The maximum absolute atomic E-state index is 10.7. The summed E-state index contributed by atoms with van der Waals surface area (Å²) in [5.74, 6) is 0.288. The number of nitrogens with zero attached hydrogens (tertiary/aromatic N) is 3. The molecule has 1 aromatic carbocycles. The Morgan fingerprint density at radius 1 is 1.10 bits per heavy atom. The van der Waals surface area contributed by atoms with Gasteiger partial charge in [0.15, 0.2) is 11.4 Å². The van der Waals surface area contributed by atoms with Crippen molar-refractivity contribution in [2.24, 2.45) is 0 Å². The van der Waals surface area contributed by atoms with Crippen LogP contribution < -0.4 is 9.80 Å². The van der Waals surface area contributed by atoms with Gasteiger partial charge in [0, 0.05) is 31.9 Å². The topological polar surface area (TPSA) is 56.7 Å². The standard InChI is InChI=1S/C14H15N3O2S/c18-10-13-9-15-14(20-13)17-7-5-16(6-8-17)11-1-3-12(19)4-2-11/h1-4,9-10,19H,5-8H2. The summed E-state index contributed by atoms with van der Waals surface area (Å²) in [6, 6.07) is 7.27. The number of phenols is 1. The lowest BCUT2D eigenvalue weighted by atomic mass is 10.2. The molecule has 0 spiro atoms. The van der Waals surface area contributed by atoms with Gasteiger partial charge in [0.05, 0.1) is 11.1 Å². The van der Waals surface area contributed by atoms with Gasteiger partial charge in [-0.05, 0) is 24.3 Å². The first-order valence-corrected chi connectivity index (χ1v) is 7.28. The van der Waals surface area contributed by atoms with Crippen molar-refractivity contribution < 1.29 is 9.90 Å². The number of carbonyl (C=O) groups excluding carboxylic acids is 1. The molecule has 0 bridgehead atoms. The zero-order valence-corrected chi connectivity index (χ0v) is 11.7. The summed E-state index contributed by atoms with van der Waals surface area (Å²) in [6.45, 7) is 3.57. The molecular weight excluding hydrogens is 274 g/mol. The first-order valence-electron chi connectivity index (χ1n) is 6.46. The quantitative estimate of drug-likeness (QED) is 0.876. The van der Waals surface area contributed by atoms with E-state index in [-0.39, 0.29) is 5.75 Å². The van der Waals surface area contributed by atoms with Crippen molar-refractivity contribution in [2.45, 2.75) is 0 Å². The van der Waals surface area contributed by atoms with Crippen LogP contribution in [0.15, 0.2) is 30.5 Å². The molecule has 1 aromatic heterocycles. The summed E-state index contributed by atoms with van der Waals surface area (Å²) < 4.78 is 0. The van der Waals surface area contributed by atoms with Crippen LogP contribution >= 0.6 is 11.3 Å². The molecular formula is C14H15N3O2S. The number of thiazole rings is 1. The third kappa shape index (κ3) is 2.60. The van der Waals surface area contributed by atoms with Crippen molar-refractivity contribution in [3.63, 3.8) is 0 Å². The predicted molar refractivity (Wildman–Crippen MR) is 80.0 cm³/mol. The molecule has 0 unspecified atom stereocenters. The fraction of sp³-hybridized carbons (Fsp3) is 0.286. The molecule has 1 fully saturated rings. The second-order valence-electron chi connectivity index (χ2n) is 4.65. The second kappa shape index (κ2) is 5.50. The van der Waals surface area contributed by atoms with Crippen molar-refractivity contribution >= 4 is 28.4 Å². The van der Waals surface area contributed by atoms with Gasteiger partial charge < -0.3 is 14.9 Å². The van der Waals surface area contributed by atoms with Gasteiger partial charge in [0.25, 0.3) is 0 Å². The number of benzene rings is 1. The highest BCUT2D eigenvalue weighted by atomic mass is 32.1. The smallest absolute Gasteiger partial charge is 0.186 e. The highest BCUT2D eigenvalue weighted by Gasteiger charge is 2.19. The number of anilines is 2. The fourth-order valence-corrected chi connectivity index (χ4v) is 3.08. The monoisotopic (exact) mass is 289 g/mol. The van der Waals surface area contributed by atoms with Crippen molar-refractivity contribution in [1.29, 1.82) is 0 Å². The largest absolute Gasteiger partial charge is 0.508 e. The number of aromatic hydroxyl groups is 1. The van der Waals surface area contributed by atoms with Crippen LogP contribution in [0, 0.1) is 0 Å². The van der Waals surface area contributed by atoms with Crippen LogP contribution in [0.4, 0.5) is 10.8 Å². The minimum Gasteiger partial charge on any atom is -0.508 e. The number of aromatic nitrogens is 1. The van der Waals surface area contributed by atoms with E-state index in [1.807, 2.05) is 12.1 Å². The summed E-state index contributed by atoms with van der Waals surface area (Å²) in [5.41, 5.74) is 1.12. The van der Waals surface area contributed by atoms with Crippen LogP contribution in [0.3, 0.4) is 0 Å². The van der Waals surface area contributed by atoms with Crippen LogP contribution in [0.1, 0.15) is 9.67 Å². The van der Waals surface area contributed by atoms with Gasteiger partial charge in [-0.15, -0.1) is 0 Å². The Morgan fingerprint density at radius 2 is 1.75 bits per heavy atom. The zero-order chi connectivity index (χ0) is 13.9. The molecule has 0 atom stereocenters. The van der Waals surface area contributed by atoms with Gasteiger partial charge in [-0.3, -0.25) is 4.79 Å². The van der Waals surface area contributed by atoms with Gasteiger partial charge in [-0.1, -0.05) is 11.3 Å². The summed E-state index contributed by atoms with van der Waals surface area (Å²) in [6.07, 6.45) is 2.47. The summed E-state index contributed by atoms with van der Waals surface area (Å²) >= 11 is 1.43. The molecule has 104 valence electrons. The molecule has 0 aliphatic carbocycles. The first-order chi connectivity index (χ1) is 9.76. The molecule has 2 aromatic rings. The lowest BCUT2D eigenvalue weighted by molar-refractivity contribution is 0.112. The van der Waals surface area contributed by atoms with Crippen molar-refractivity contribution in [1.82, 2.24) is 4.98 Å². The Kier molecular flexibility index (Phi) is 3.56. The summed E-state index contributed by atoms with van der Waals surface area (Å²) in [4.78, 5) is 20.1. The number of hydrogen-bond acceptors (Lipinski definition) is 6. The van der Waals surface area contributed by atoms with Crippen LogP contribution in [0.2, 0.25) is 0 Å². The molecule has 0 amide bonds. The Bertz CT molecular complexity index is 589. The lowest BCUT2D eigenvalue weighted by Gasteiger charge is -2.36. The van der Waals surface area contributed by atoms with Gasteiger partial charge in [0.2, 0.25) is 0 Å². The molecule has 1 N–H and O–H groups in total. The van der Waals surface area contributed by atoms with E-state index in [1.54, 1.807) is 18.3 Å². The van der Waals surface area contributed by atoms with E-state index in [9.17, 15) is 9.90 Å². The van der Waals surface area contributed by atoms with Crippen LogP contribution in [0.25, 0.3) is 0 Å². The Labute approximate surface area is 121 Å². The summed E-state index contributed by atoms with van der Waals surface area (Å²) in [7, 11) is 0. The zero-order valence-electron chi connectivity index (χ0n) is 10.9. The average Bonchev–Trinajstić information content (AvgIpc) is 2.97. The normalized spacial score (nSPS) is 15.4. The van der Waals surface area contributed by atoms with E-state index in [1.165, 1.54) is 11.3 Å². The van der Waals surface area contributed by atoms with Crippen LogP contribution in [-0.4, -0.2) is 42.6 Å². The molecule has 2 heterocycles. The molecule has 6 heteroatoms. The molecule has 20 heavy (non-hydrogen) atoms. The van der Waals surface area contributed by atoms with Crippen molar-refractivity contribution in [3.8, 4) is 5.75 Å². The SMILES string of the molecule is O=Cc1cnc(N2CCN(c3ccc(O)cc3)CC2)s1. The fourth-order valence-electron chi connectivity index (χ4n) is 2.30. The van der Waals surface area contributed by atoms with E-state index in [0.717, 1.165) is 43.3 Å². The molecule has 3 rings (SSSR count). The Balaban J connectivity index is 1.64. The van der Waals surface area contributed by atoms with E-state index in [0.29, 0.717) is 4.88 Å². The Morgan fingerprint density at radius 3 is 2.35 bits per heavy atom. The molecule has 0 radical (unpaired) electrons. The number of rotatable bonds is 3. The predicted octanol–water partition coefficient (Wildman–Crippen LogP) is 1.99. The maximum Gasteiger partial charge on any atom is 0.186 e. The number of hydrogen-bond donors (Lipinski definition) is 1. The van der Waals surface area contributed by atoms with Gasteiger partial charge >= 0.3 is 0 Å². The van der Waals surface area contributed by atoms with E-state index >= 15 is 0 Å². The van der Waals surface area contributed by atoms with E-state index < -0.39 is 0 Å². The molecule has 1 saturated heterocycles. The molecule has 0 saturated carbocycles. The third-order valence-electron chi connectivity index (χ3n) is 3.39. The first kappa shape index (κ1) is 12.9. The Hall–Kier alpha value is -2.08. The minimum absolute atomic E-state index is 0.288. The highest BCUT2D eigenvalue weighted by Crippen LogP contribution is 2.25. The van der Waals surface area contributed by atoms with Gasteiger partial charge in [-0.25, -0.2) is 4.98 Å².